The smallest absolute Gasteiger partial charge is 0.264 e. The fourth-order valence-electron chi connectivity index (χ4n) is 6.16. The van der Waals surface area contributed by atoms with Crippen LogP contribution in [0.1, 0.15) is 35.6 Å². The first-order valence-corrected chi connectivity index (χ1v) is 15.1. The summed E-state index contributed by atoms with van der Waals surface area (Å²) in [5.41, 5.74) is 2.38. The van der Waals surface area contributed by atoms with Crippen molar-refractivity contribution in [3.8, 4) is 0 Å². The summed E-state index contributed by atoms with van der Waals surface area (Å²) >= 11 is 6.29. The van der Waals surface area contributed by atoms with Crippen LogP contribution in [0.15, 0.2) is 126 Å². The van der Waals surface area contributed by atoms with Gasteiger partial charge in [0, 0.05) is 10.9 Å². The number of hydrogen-bond acceptors (Lipinski definition) is 4. The normalized spacial score (nSPS) is 22.0. The minimum atomic E-state index is -4.18. The van der Waals surface area contributed by atoms with Gasteiger partial charge in [0.05, 0.1) is 28.0 Å². The molecule has 0 aromatic heterocycles. The van der Waals surface area contributed by atoms with Gasteiger partial charge in [0.1, 0.15) is 5.41 Å². The van der Waals surface area contributed by atoms with E-state index < -0.39 is 27.4 Å². The van der Waals surface area contributed by atoms with Crippen molar-refractivity contribution < 1.29 is 13.2 Å². The Balaban J connectivity index is 1.70. The number of nitrogens with zero attached hydrogens (tertiary/aromatic N) is 3. The van der Waals surface area contributed by atoms with E-state index in [0.717, 1.165) is 5.56 Å². The van der Waals surface area contributed by atoms with Crippen LogP contribution in [0.25, 0.3) is 0 Å². The summed E-state index contributed by atoms with van der Waals surface area (Å²) in [5, 5.41) is 6.68. The van der Waals surface area contributed by atoms with Crippen molar-refractivity contribution in [1.29, 1.82) is 0 Å². The highest BCUT2D eigenvalue weighted by Crippen LogP contribution is 2.61. The molecule has 4 aromatic rings. The van der Waals surface area contributed by atoms with Gasteiger partial charge in [-0.1, -0.05) is 83.9 Å². The molecule has 2 heterocycles. The van der Waals surface area contributed by atoms with Gasteiger partial charge >= 0.3 is 0 Å². The number of hydrazone groups is 1. The molecule has 1 amide bonds. The van der Waals surface area contributed by atoms with E-state index in [4.69, 9.17) is 16.7 Å². The topological polar surface area (TPSA) is 70.1 Å². The van der Waals surface area contributed by atoms with Gasteiger partial charge in [0.25, 0.3) is 15.9 Å². The summed E-state index contributed by atoms with van der Waals surface area (Å²) in [6.07, 6.45) is 1.74. The van der Waals surface area contributed by atoms with Crippen LogP contribution in [-0.2, 0) is 14.8 Å². The average molecular weight is 582 g/mol. The maximum atomic E-state index is 14.9. The third kappa shape index (κ3) is 4.03. The second kappa shape index (κ2) is 10.0. The van der Waals surface area contributed by atoms with Gasteiger partial charge in [-0.2, -0.15) is 10.1 Å². The number of para-hydroxylation sites is 2. The van der Waals surface area contributed by atoms with E-state index in [-0.39, 0.29) is 10.8 Å². The molecule has 1 unspecified atom stereocenters. The zero-order valence-corrected chi connectivity index (χ0v) is 24.2. The fraction of sp³-hybridized carbons (Fsp3) is 0.152. The molecule has 41 heavy (non-hydrogen) atoms. The molecule has 206 valence electrons. The quantitative estimate of drug-likeness (QED) is 0.233. The van der Waals surface area contributed by atoms with Crippen LogP contribution in [0, 0.1) is 12.3 Å². The van der Waals surface area contributed by atoms with Gasteiger partial charge in [-0.05, 0) is 67.4 Å². The lowest BCUT2D eigenvalue weighted by Gasteiger charge is -2.51. The molecular weight excluding hydrogens is 554 g/mol. The molecule has 6 nitrogen and oxygen atoms in total. The molecule has 0 N–H and O–H groups in total. The number of sulfonamides is 1. The molecule has 0 radical (unpaired) electrons. The number of fused-ring (bicyclic) bond motifs is 1. The highest BCUT2D eigenvalue weighted by molar-refractivity contribution is 7.92. The SMILES string of the molecule is C=C[C@@H]1c2ccccc2N(S(=O)(=O)c2ccc(C)cc2)[C@H](c2ccc(Cl)cc2)C12C(=O)N(c1ccccc1)N=C2C. The number of carbonyl (C=O) groups excluding carboxylic acids is 1. The number of amides is 1. The predicted molar refractivity (Wildman–Crippen MR) is 164 cm³/mol. The summed E-state index contributed by atoms with van der Waals surface area (Å²) in [5.74, 6) is -0.904. The largest absolute Gasteiger partial charge is 0.271 e. The number of aryl methyl sites for hydroxylation is 1. The zero-order chi connectivity index (χ0) is 28.9. The van der Waals surface area contributed by atoms with Crippen molar-refractivity contribution in [2.75, 3.05) is 9.31 Å². The molecule has 0 saturated carbocycles. The molecule has 0 bridgehead atoms. The van der Waals surface area contributed by atoms with Gasteiger partial charge in [-0.3, -0.25) is 9.10 Å². The maximum absolute atomic E-state index is 14.9. The molecule has 6 rings (SSSR count). The summed E-state index contributed by atoms with van der Waals surface area (Å²) < 4.78 is 30.8. The summed E-state index contributed by atoms with van der Waals surface area (Å²) in [6.45, 7) is 7.85. The first-order chi connectivity index (χ1) is 19.7. The van der Waals surface area contributed by atoms with Crippen molar-refractivity contribution in [1.82, 2.24) is 0 Å². The van der Waals surface area contributed by atoms with E-state index in [1.54, 1.807) is 73.7 Å². The van der Waals surface area contributed by atoms with Crippen molar-refractivity contribution in [3.63, 3.8) is 0 Å². The Labute approximate surface area is 245 Å². The van der Waals surface area contributed by atoms with Crippen molar-refractivity contribution in [3.05, 3.63) is 137 Å². The van der Waals surface area contributed by atoms with Crippen LogP contribution in [0.3, 0.4) is 0 Å². The lowest BCUT2D eigenvalue weighted by Crippen LogP contribution is -2.57. The lowest BCUT2D eigenvalue weighted by molar-refractivity contribution is -0.125. The van der Waals surface area contributed by atoms with E-state index in [2.05, 4.69) is 6.58 Å². The molecule has 2 aliphatic rings. The van der Waals surface area contributed by atoms with Gasteiger partial charge in [-0.25, -0.2) is 8.42 Å². The Bertz CT molecular complexity index is 1790. The van der Waals surface area contributed by atoms with Crippen LogP contribution >= 0.6 is 11.6 Å². The maximum Gasteiger partial charge on any atom is 0.264 e. The molecule has 3 atom stereocenters. The number of anilines is 2. The van der Waals surface area contributed by atoms with Gasteiger partial charge in [-0.15, -0.1) is 6.58 Å². The monoisotopic (exact) mass is 581 g/mol. The van der Waals surface area contributed by atoms with Crippen molar-refractivity contribution in [2.24, 2.45) is 10.5 Å². The second-order valence-corrected chi connectivity index (χ2v) is 12.6. The molecule has 4 aromatic carbocycles. The average Bonchev–Trinajstić information content (AvgIpc) is 3.23. The van der Waals surface area contributed by atoms with Gasteiger partial charge in [0.2, 0.25) is 0 Å². The van der Waals surface area contributed by atoms with Crippen LogP contribution < -0.4 is 9.31 Å². The van der Waals surface area contributed by atoms with E-state index in [1.165, 1.54) is 9.31 Å². The number of halogens is 1. The first kappa shape index (κ1) is 27.0. The Morgan fingerprint density at radius 1 is 0.878 bits per heavy atom. The fourth-order valence-corrected chi connectivity index (χ4v) is 7.99. The third-order valence-electron chi connectivity index (χ3n) is 8.06. The van der Waals surface area contributed by atoms with E-state index in [1.807, 2.05) is 49.4 Å². The molecule has 0 saturated heterocycles. The minimum Gasteiger partial charge on any atom is -0.271 e. The van der Waals surface area contributed by atoms with E-state index >= 15 is 0 Å². The minimum absolute atomic E-state index is 0.129. The highest BCUT2D eigenvalue weighted by atomic mass is 35.5. The van der Waals surface area contributed by atoms with Gasteiger partial charge in [0.15, 0.2) is 0 Å². The number of rotatable bonds is 5. The van der Waals surface area contributed by atoms with E-state index in [0.29, 0.717) is 33.2 Å². The molecular formula is C33H28ClN3O3S. The molecule has 2 aliphatic heterocycles. The molecule has 0 fully saturated rings. The Morgan fingerprint density at radius 3 is 2.17 bits per heavy atom. The van der Waals surface area contributed by atoms with Crippen molar-refractivity contribution >= 4 is 44.6 Å². The van der Waals surface area contributed by atoms with Crippen LogP contribution in [0.4, 0.5) is 11.4 Å². The van der Waals surface area contributed by atoms with Crippen LogP contribution in [-0.4, -0.2) is 20.0 Å². The van der Waals surface area contributed by atoms with Crippen molar-refractivity contribution in [2.45, 2.75) is 30.7 Å². The number of allylic oxidation sites excluding steroid dienone is 1. The predicted octanol–water partition coefficient (Wildman–Crippen LogP) is 7.28. The molecule has 1 spiro atoms. The summed E-state index contributed by atoms with van der Waals surface area (Å²) in [7, 11) is -4.18. The number of hydrogen-bond donors (Lipinski definition) is 0. The Hall–Kier alpha value is -4.20. The second-order valence-electron chi connectivity index (χ2n) is 10.3. The Morgan fingerprint density at radius 2 is 1.51 bits per heavy atom. The van der Waals surface area contributed by atoms with Crippen LogP contribution in [0.5, 0.6) is 0 Å². The third-order valence-corrected chi connectivity index (χ3v) is 10.1. The summed E-state index contributed by atoms with van der Waals surface area (Å²) in [4.78, 5) is 15.0. The lowest BCUT2D eigenvalue weighted by atomic mass is 9.60. The number of benzene rings is 4. The molecule has 8 heteroatoms. The van der Waals surface area contributed by atoms with E-state index in [9.17, 15) is 13.2 Å². The highest BCUT2D eigenvalue weighted by Gasteiger charge is 2.65. The first-order valence-electron chi connectivity index (χ1n) is 13.2. The van der Waals surface area contributed by atoms with Crippen LogP contribution in [0.2, 0.25) is 5.02 Å². The summed E-state index contributed by atoms with van der Waals surface area (Å²) in [6, 6.07) is 29.2. The van der Waals surface area contributed by atoms with Gasteiger partial charge < -0.3 is 0 Å². The zero-order valence-electron chi connectivity index (χ0n) is 22.6. The number of carbonyl (C=O) groups is 1. The Kier molecular flexibility index (Phi) is 6.59. The standard InChI is InChI=1S/C33H28ClN3O3S/c1-4-29-28-12-8-9-13-30(28)37(41(39,40)27-20-14-22(2)15-21-27)31(24-16-18-25(34)19-17-24)33(29)23(3)35-36(32(33)38)26-10-6-5-7-11-26/h4-21,29,31H,1H2,2-3H3/t29-,31-,33?/m1/s1. The molecule has 0 aliphatic carbocycles.